The molecule has 0 saturated carbocycles. The summed E-state index contributed by atoms with van der Waals surface area (Å²) < 4.78 is 18.9. The molecule has 142 valence electrons. The zero-order valence-electron chi connectivity index (χ0n) is 14.8. The monoisotopic (exact) mass is 380 g/mol. The fraction of sp³-hybridized carbons (Fsp3) is 0.0952. The first-order valence-electron chi connectivity index (χ1n) is 8.20. The fourth-order valence-corrected chi connectivity index (χ4v) is 2.35. The van der Waals surface area contributed by atoms with Crippen molar-refractivity contribution in [2.45, 2.75) is 6.42 Å². The number of nitrogens with one attached hydrogen (secondary N) is 1. The first-order chi connectivity index (χ1) is 13.4. The largest absolute Gasteiger partial charge is 0.482 e. The van der Waals surface area contributed by atoms with Gasteiger partial charge in [-0.3, -0.25) is 4.79 Å². The summed E-state index contributed by atoms with van der Waals surface area (Å²) in [4.78, 5) is 23.0. The third-order valence-electron chi connectivity index (χ3n) is 3.60. The van der Waals surface area contributed by atoms with Crippen molar-refractivity contribution in [1.82, 2.24) is 0 Å². The van der Waals surface area contributed by atoms with Crippen LogP contribution in [0.2, 0.25) is 0 Å². The van der Waals surface area contributed by atoms with Gasteiger partial charge in [0.15, 0.2) is 6.61 Å². The fourth-order valence-electron chi connectivity index (χ4n) is 2.35. The molecular formula is C21H17FN2O4. The molecule has 0 atom stereocenters. The SMILES string of the molecule is C=CCc1cc(/C=C(/C#N)C(=O)Nc2ccccc2F)ccc1OCC(=O)O. The molecule has 0 bridgehead atoms. The van der Waals surface area contributed by atoms with Gasteiger partial charge in [-0.2, -0.15) is 5.26 Å². The summed E-state index contributed by atoms with van der Waals surface area (Å²) in [6, 6.07) is 12.2. The van der Waals surface area contributed by atoms with Gasteiger partial charge >= 0.3 is 5.97 Å². The number of carbonyl (C=O) groups is 2. The van der Waals surface area contributed by atoms with Crippen molar-refractivity contribution in [3.63, 3.8) is 0 Å². The molecule has 0 heterocycles. The van der Waals surface area contributed by atoms with Gasteiger partial charge in [0.25, 0.3) is 5.91 Å². The van der Waals surface area contributed by atoms with Crippen molar-refractivity contribution < 1.29 is 23.8 Å². The number of ether oxygens (including phenoxy) is 1. The van der Waals surface area contributed by atoms with E-state index in [0.717, 1.165) is 0 Å². The number of nitriles is 1. The lowest BCUT2D eigenvalue weighted by atomic mass is 10.0. The van der Waals surface area contributed by atoms with Gasteiger partial charge in [0, 0.05) is 0 Å². The summed E-state index contributed by atoms with van der Waals surface area (Å²) in [7, 11) is 0. The quantitative estimate of drug-likeness (QED) is 0.414. The van der Waals surface area contributed by atoms with Crippen LogP contribution in [0.1, 0.15) is 11.1 Å². The Morgan fingerprint density at radius 2 is 2.04 bits per heavy atom. The van der Waals surface area contributed by atoms with Gasteiger partial charge in [0.1, 0.15) is 23.2 Å². The van der Waals surface area contributed by atoms with Gasteiger partial charge in [-0.25, -0.2) is 9.18 Å². The Hall–Kier alpha value is -3.92. The van der Waals surface area contributed by atoms with E-state index in [1.807, 2.05) is 0 Å². The Morgan fingerprint density at radius 3 is 2.68 bits per heavy atom. The zero-order valence-corrected chi connectivity index (χ0v) is 14.8. The minimum atomic E-state index is -1.11. The molecule has 0 aliphatic rings. The van der Waals surface area contributed by atoms with E-state index in [9.17, 15) is 19.2 Å². The molecule has 2 aromatic rings. The van der Waals surface area contributed by atoms with Crippen LogP contribution >= 0.6 is 0 Å². The van der Waals surface area contributed by atoms with Gasteiger partial charge in [-0.05, 0) is 47.9 Å². The molecule has 0 aliphatic carbocycles. The molecule has 0 saturated heterocycles. The number of para-hydroxylation sites is 1. The normalized spacial score (nSPS) is 10.6. The maximum Gasteiger partial charge on any atom is 0.341 e. The van der Waals surface area contributed by atoms with Crippen molar-refractivity contribution in [2.75, 3.05) is 11.9 Å². The third-order valence-corrected chi connectivity index (χ3v) is 3.60. The minimum absolute atomic E-state index is 0.0292. The molecule has 0 radical (unpaired) electrons. The third kappa shape index (κ3) is 5.54. The lowest BCUT2D eigenvalue weighted by molar-refractivity contribution is -0.139. The molecule has 1 amide bonds. The summed E-state index contributed by atoms with van der Waals surface area (Å²) in [5.41, 5.74) is 0.932. The molecule has 2 aromatic carbocycles. The highest BCUT2D eigenvalue weighted by Crippen LogP contribution is 2.23. The molecule has 0 aliphatic heterocycles. The summed E-state index contributed by atoms with van der Waals surface area (Å²) >= 11 is 0. The average Bonchev–Trinajstić information content (AvgIpc) is 2.67. The molecule has 0 unspecified atom stereocenters. The second kappa shape index (κ2) is 9.69. The van der Waals surface area contributed by atoms with Crippen LogP contribution in [0.3, 0.4) is 0 Å². The van der Waals surface area contributed by atoms with Crippen LogP contribution in [0.5, 0.6) is 5.75 Å². The molecule has 7 heteroatoms. The molecule has 0 aromatic heterocycles. The van der Waals surface area contributed by atoms with E-state index in [0.29, 0.717) is 23.3 Å². The molecule has 2 rings (SSSR count). The summed E-state index contributed by atoms with van der Waals surface area (Å²) in [5.74, 6) is -2.09. The Bertz CT molecular complexity index is 977. The number of anilines is 1. The van der Waals surface area contributed by atoms with Crippen LogP contribution in [0.15, 0.2) is 60.7 Å². The van der Waals surface area contributed by atoms with Gasteiger partial charge in [-0.15, -0.1) is 6.58 Å². The number of rotatable bonds is 8. The maximum absolute atomic E-state index is 13.7. The highest BCUT2D eigenvalue weighted by Gasteiger charge is 2.13. The molecule has 28 heavy (non-hydrogen) atoms. The minimum Gasteiger partial charge on any atom is -0.482 e. The van der Waals surface area contributed by atoms with Crippen LogP contribution in [0.4, 0.5) is 10.1 Å². The van der Waals surface area contributed by atoms with Crippen LogP contribution in [0, 0.1) is 17.1 Å². The zero-order chi connectivity index (χ0) is 20.5. The number of aliphatic carboxylic acids is 1. The van der Waals surface area contributed by atoms with E-state index in [2.05, 4.69) is 11.9 Å². The Kier molecular flexibility index (Phi) is 7.06. The first kappa shape index (κ1) is 20.4. The highest BCUT2D eigenvalue weighted by molar-refractivity contribution is 6.09. The standard InChI is InChI=1S/C21H17FN2O4/c1-2-5-15-10-14(8-9-19(15)28-13-20(25)26)11-16(12-23)21(27)24-18-7-4-3-6-17(18)22/h2-4,6-11H,1,5,13H2,(H,24,27)(H,25,26)/b16-11-. The van der Waals surface area contributed by atoms with Crippen LogP contribution in [-0.4, -0.2) is 23.6 Å². The van der Waals surface area contributed by atoms with Crippen LogP contribution in [0.25, 0.3) is 6.08 Å². The number of benzene rings is 2. The van der Waals surface area contributed by atoms with E-state index < -0.39 is 24.3 Å². The number of hydrogen-bond donors (Lipinski definition) is 2. The molecule has 2 N–H and O–H groups in total. The Labute approximate surface area is 161 Å². The number of hydrogen-bond acceptors (Lipinski definition) is 4. The van der Waals surface area contributed by atoms with E-state index in [1.54, 1.807) is 36.4 Å². The first-order valence-corrected chi connectivity index (χ1v) is 8.20. The van der Waals surface area contributed by atoms with E-state index in [4.69, 9.17) is 9.84 Å². The number of carbonyl (C=O) groups excluding carboxylic acids is 1. The van der Waals surface area contributed by atoms with Crippen LogP contribution in [-0.2, 0) is 16.0 Å². The molecule has 0 spiro atoms. The van der Waals surface area contributed by atoms with E-state index in [1.165, 1.54) is 24.3 Å². The second-order valence-corrected chi connectivity index (χ2v) is 5.65. The number of halogens is 1. The highest BCUT2D eigenvalue weighted by atomic mass is 19.1. The van der Waals surface area contributed by atoms with Gasteiger partial charge in [0.2, 0.25) is 0 Å². The lowest BCUT2D eigenvalue weighted by Crippen LogP contribution is -2.14. The van der Waals surface area contributed by atoms with Crippen molar-refractivity contribution in [3.8, 4) is 11.8 Å². The lowest BCUT2D eigenvalue weighted by Gasteiger charge is -2.10. The summed E-state index contributed by atoms with van der Waals surface area (Å²) in [6.07, 6.45) is 3.37. The van der Waals surface area contributed by atoms with Crippen molar-refractivity contribution in [1.29, 1.82) is 5.26 Å². The van der Waals surface area contributed by atoms with Crippen molar-refractivity contribution >= 4 is 23.6 Å². The van der Waals surface area contributed by atoms with Gasteiger partial charge in [0.05, 0.1) is 5.69 Å². The number of amides is 1. The number of nitrogens with zero attached hydrogens (tertiary/aromatic N) is 1. The predicted molar refractivity (Wildman–Crippen MR) is 102 cm³/mol. The maximum atomic E-state index is 13.7. The van der Waals surface area contributed by atoms with Crippen molar-refractivity contribution in [3.05, 3.63) is 77.6 Å². The Morgan fingerprint density at radius 1 is 1.29 bits per heavy atom. The topological polar surface area (TPSA) is 99.4 Å². The smallest absolute Gasteiger partial charge is 0.341 e. The molecular weight excluding hydrogens is 363 g/mol. The second-order valence-electron chi connectivity index (χ2n) is 5.65. The molecule has 0 fully saturated rings. The van der Waals surface area contributed by atoms with E-state index in [-0.39, 0.29) is 11.3 Å². The van der Waals surface area contributed by atoms with Crippen LogP contribution < -0.4 is 10.1 Å². The van der Waals surface area contributed by atoms with Gasteiger partial charge < -0.3 is 15.2 Å². The summed E-state index contributed by atoms with van der Waals surface area (Å²) in [6.45, 7) is 3.15. The van der Waals surface area contributed by atoms with E-state index >= 15 is 0 Å². The number of allylic oxidation sites excluding steroid dienone is 1. The Balaban J connectivity index is 2.27. The van der Waals surface area contributed by atoms with Crippen molar-refractivity contribution in [2.24, 2.45) is 0 Å². The number of carboxylic acids is 1. The summed E-state index contributed by atoms with van der Waals surface area (Å²) in [5, 5.41) is 20.4. The molecule has 6 nitrogen and oxygen atoms in total. The average molecular weight is 380 g/mol. The predicted octanol–water partition coefficient (Wildman–Crippen LogP) is 3.56. The number of carboxylic acid groups (broad SMARTS) is 1. The van der Waals surface area contributed by atoms with Gasteiger partial charge in [-0.1, -0.05) is 24.3 Å².